The van der Waals surface area contributed by atoms with Crippen LogP contribution < -0.4 is 14.8 Å². The van der Waals surface area contributed by atoms with Gasteiger partial charge in [-0.25, -0.2) is 13.6 Å². The van der Waals surface area contributed by atoms with Crippen LogP contribution in [0.25, 0.3) is 6.08 Å². The summed E-state index contributed by atoms with van der Waals surface area (Å²) in [5.41, 5.74) is 0.834. The number of halogens is 2. The second-order valence-electron chi connectivity index (χ2n) is 6.30. The topological polar surface area (TPSA) is 73.9 Å². The lowest BCUT2D eigenvalue weighted by Gasteiger charge is -2.18. The largest absolute Gasteiger partial charge is 0.486 e. The van der Waals surface area contributed by atoms with Gasteiger partial charge in [0.15, 0.2) is 18.1 Å². The number of hydrogen-bond donors (Lipinski definition) is 1. The van der Waals surface area contributed by atoms with Gasteiger partial charge >= 0.3 is 5.97 Å². The fourth-order valence-electron chi connectivity index (χ4n) is 2.73. The quantitative estimate of drug-likeness (QED) is 0.593. The normalized spacial score (nSPS) is 13.8. The third kappa shape index (κ3) is 5.54. The lowest BCUT2D eigenvalue weighted by atomic mass is 10.1. The molecule has 1 N–H and O–H groups in total. The van der Waals surface area contributed by atoms with Gasteiger partial charge in [0.1, 0.15) is 24.8 Å². The molecule has 0 bridgehead atoms. The summed E-state index contributed by atoms with van der Waals surface area (Å²) in [5, 5.41) is 2.49. The lowest BCUT2D eigenvalue weighted by Crippen LogP contribution is -2.31. The molecule has 1 heterocycles. The van der Waals surface area contributed by atoms with Crippen LogP contribution in [-0.2, 0) is 14.3 Å². The predicted molar refractivity (Wildman–Crippen MR) is 100 cm³/mol. The lowest BCUT2D eigenvalue weighted by molar-refractivity contribution is -0.144. The molecule has 1 aliphatic heterocycles. The minimum atomic E-state index is -0.767. The molecule has 8 heteroatoms. The van der Waals surface area contributed by atoms with Crippen molar-refractivity contribution in [1.29, 1.82) is 0 Å². The van der Waals surface area contributed by atoms with Gasteiger partial charge in [-0.1, -0.05) is 12.1 Å². The summed E-state index contributed by atoms with van der Waals surface area (Å²) in [6.45, 7) is 1.95. The molecule has 0 saturated heterocycles. The predicted octanol–water partition coefficient (Wildman–Crippen LogP) is 3.17. The molecular weight excluding hydrogens is 384 g/mol. The Morgan fingerprint density at radius 1 is 1.14 bits per heavy atom. The van der Waals surface area contributed by atoms with Crippen LogP contribution in [0.4, 0.5) is 8.78 Å². The van der Waals surface area contributed by atoms with Gasteiger partial charge in [-0.3, -0.25) is 4.79 Å². The van der Waals surface area contributed by atoms with Crippen LogP contribution in [0.3, 0.4) is 0 Å². The van der Waals surface area contributed by atoms with Crippen LogP contribution in [0.5, 0.6) is 11.5 Å². The van der Waals surface area contributed by atoms with E-state index in [2.05, 4.69) is 5.32 Å². The summed E-state index contributed by atoms with van der Waals surface area (Å²) < 4.78 is 42.4. The smallest absolute Gasteiger partial charge is 0.331 e. The number of rotatable bonds is 6. The number of amides is 1. The molecule has 1 aliphatic rings. The van der Waals surface area contributed by atoms with Gasteiger partial charge in [-0.05, 0) is 36.8 Å². The Balaban J connectivity index is 1.48. The van der Waals surface area contributed by atoms with Crippen molar-refractivity contribution < 1.29 is 32.6 Å². The molecule has 1 amide bonds. The van der Waals surface area contributed by atoms with Crippen molar-refractivity contribution in [2.75, 3.05) is 19.8 Å². The Labute approximate surface area is 166 Å². The van der Waals surface area contributed by atoms with Gasteiger partial charge in [0.05, 0.1) is 6.04 Å². The second kappa shape index (κ2) is 9.18. The van der Waals surface area contributed by atoms with Crippen LogP contribution in [0, 0.1) is 11.6 Å². The number of esters is 1. The third-order valence-corrected chi connectivity index (χ3v) is 4.13. The first-order chi connectivity index (χ1) is 13.9. The van der Waals surface area contributed by atoms with Crippen molar-refractivity contribution in [2.24, 2.45) is 0 Å². The van der Waals surface area contributed by atoms with Crippen molar-refractivity contribution in [1.82, 2.24) is 5.32 Å². The van der Waals surface area contributed by atoms with Crippen LogP contribution in [0.2, 0.25) is 0 Å². The van der Waals surface area contributed by atoms with Crippen molar-refractivity contribution in [3.05, 3.63) is 65.2 Å². The molecule has 6 nitrogen and oxygen atoms in total. The SMILES string of the molecule is C[C@@H](NC(=O)COC(=O)/C=C/c1ccc2c(c1)OCCO2)c1ccc(F)cc1F. The zero-order valence-electron chi connectivity index (χ0n) is 15.6. The Bertz CT molecular complexity index is 945. The summed E-state index contributed by atoms with van der Waals surface area (Å²) in [6.07, 6.45) is 2.71. The number of hydrogen-bond acceptors (Lipinski definition) is 5. The summed E-state index contributed by atoms with van der Waals surface area (Å²) >= 11 is 0. The average molecular weight is 403 g/mol. The summed E-state index contributed by atoms with van der Waals surface area (Å²) in [7, 11) is 0. The zero-order chi connectivity index (χ0) is 20.8. The third-order valence-electron chi connectivity index (χ3n) is 4.13. The van der Waals surface area contributed by atoms with Gasteiger partial charge in [0.25, 0.3) is 5.91 Å². The molecule has 0 unspecified atom stereocenters. The van der Waals surface area contributed by atoms with E-state index in [4.69, 9.17) is 14.2 Å². The first-order valence-electron chi connectivity index (χ1n) is 8.91. The Morgan fingerprint density at radius 2 is 1.90 bits per heavy atom. The number of carbonyl (C=O) groups is 2. The van der Waals surface area contributed by atoms with Crippen molar-refractivity contribution >= 4 is 18.0 Å². The van der Waals surface area contributed by atoms with E-state index < -0.39 is 36.2 Å². The van der Waals surface area contributed by atoms with E-state index in [0.717, 1.165) is 12.1 Å². The molecule has 0 fully saturated rings. The highest BCUT2D eigenvalue weighted by Gasteiger charge is 2.15. The monoisotopic (exact) mass is 403 g/mol. The molecule has 2 aromatic rings. The summed E-state index contributed by atoms with van der Waals surface area (Å²) in [5.74, 6) is -1.56. The fraction of sp³-hybridized carbons (Fsp3) is 0.238. The Hall–Kier alpha value is -3.42. The molecule has 0 spiro atoms. The molecule has 1 atom stereocenters. The molecular formula is C21H19F2NO5. The average Bonchev–Trinajstić information content (AvgIpc) is 2.70. The van der Waals surface area contributed by atoms with E-state index in [9.17, 15) is 18.4 Å². The first-order valence-corrected chi connectivity index (χ1v) is 8.91. The molecule has 0 aromatic heterocycles. The Kier molecular flexibility index (Phi) is 6.43. The van der Waals surface area contributed by atoms with E-state index in [-0.39, 0.29) is 5.56 Å². The molecule has 152 valence electrons. The second-order valence-corrected chi connectivity index (χ2v) is 6.30. The first kappa shape index (κ1) is 20.3. The number of nitrogens with one attached hydrogen (secondary N) is 1. The van der Waals surface area contributed by atoms with Crippen LogP contribution >= 0.6 is 0 Å². The molecule has 3 rings (SSSR count). The van der Waals surface area contributed by atoms with Crippen LogP contribution in [-0.4, -0.2) is 31.7 Å². The highest BCUT2D eigenvalue weighted by atomic mass is 19.1. The maximum atomic E-state index is 13.7. The van der Waals surface area contributed by atoms with Gasteiger partial charge in [-0.15, -0.1) is 0 Å². The van der Waals surface area contributed by atoms with Crippen LogP contribution in [0.15, 0.2) is 42.5 Å². The number of ether oxygens (including phenoxy) is 3. The summed E-state index contributed by atoms with van der Waals surface area (Å²) in [6, 6.07) is 7.59. The summed E-state index contributed by atoms with van der Waals surface area (Å²) in [4.78, 5) is 23.7. The molecule has 0 aliphatic carbocycles. The van der Waals surface area contributed by atoms with Crippen LogP contribution in [0.1, 0.15) is 24.1 Å². The van der Waals surface area contributed by atoms with Gasteiger partial charge in [0, 0.05) is 17.7 Å². The van der Waals surface area contributed by atoms with E-state index in [1.165, 1.54) is 25.1 Å². The maximum absolute atomic E-state index is 13.7. The molecule has 0 saturated carbocycles. The standard InChI is InChI=1S/C21H19F2NO5/c1-13(16-5-4-15(22)11-17(16)23)24-20(25)12-29-21(26)7-3-14-2-6-18-19(10-14)28-9-8-27-18/h2-7,10-11,13H,8-9,12H2,1H3,(H,24,25)/b7-3+/t13-/m1/s1. The minimum absolute atomic E-state index is 0.129. The maximum Gasteiger partial charge on any atom is 0.331 e. The van der Waals surface area contributed by atoms with Gasteiger partial charge in [0.2, 0.25) is 0 Å². The van der Waals surface area contributed by atoms with E-state index >= 15 is 0 Å². The molecule has 0 radical (unpaired) electrons. The van der Waals surface area contributed by atoms with E-state index in [1.807, 2.05) is 0 Å². The number of fused-ring (bicyclic) bond motifs is 1. The highest BCUT2D eigenvalue weighted by molar-refractivity contribution is 5.89. The Morgan fingerprint density at radius 3 is 2.66 bits per heavy atom. The number of carbonyl (C=O) groups excluding carboxylic acids is 2. The van der Waals surface area contributed by atoms with E-state index in [0.29, 0.717) is 30.3 Å². The fourth-order valence-corrected chi connectivity index (χ4v) is 2.73. The van der Waals surface area contributed by atoms with Crippen molar-refractivity contribution in [3.8, 4) is 11.5 Å². The van der Waals surface area contributed by atoms with Crippen molar-refractivity contribution in [3.63, 3.8) is 0 Å². The van der Waals surface area contributed by atoms with Gasteiger partial charge in [-0.2, -0.15) is 0 Å². The molecule has 29 heavy (non-hydrogen) atoms. The zero-order valence-corrected chi connectivity index (χ0v) is 15.6. The van der Waals surface area contributed by atoms with E-state index in [1.54, 1.807) is 18.2 Å². The number of benzene rings is 2. The minimum Gasteiger partial charge on any atom is -0.486 e. The van der Waals surface area contributed by atoms with Crippen molar-refractivity contribution in [2.45, 2.75) is 13.0 Å². The molecule has 2 aromatic carbocycles. The van der Waals surface area contributed by atoms with Gasteiger partial charge < -0.3 is 19.5 Å². The highest BCUT2D eigenvalue weighted by Crippen LogP contribution is 2.31.